The number of ketones is 2. The zero-order valence-corrected chi connectivity index (χ0v) is 21.3. The molecule has 6 nitrogen and oxygen atoms in total. The molecular formula is C25H33NO5Si. The van der Waals surface area contributed by atoms with Gasteiger partial charge < -0.3 is 18.5 Å². The molecule has 0 N–H and O–H groups in total. The van der Waals surface area contributed by atoms with Gasteiger partial charge in [-0.15, -0.1) is 0 Å². The SMILES string of the molecule is COC1=CC(=O)c2c(c(C)c(COc3ccc(CO[Si](C)(C)C(C)(C)C)cc3)n2C)C1=O. The van der Waals surface area contributed by atoms with E-state index in [9.17, 15) is 9.59 Å². The number of fused-ring (bicyclic) bond motifs is 1. The van der Waals surface area contributed by atoms with Crippen molar-refractivity contribution in [3.05, 3.63) is 64.2 Å². The van der Waals surface area contributed by atoms with Gasteiger partial charge in [-0.25, -0.2) is 0 Å². The van der Waals surface area contributed by atoms with E-state index in [4.69, 9.17) is 13.9 Å². The van der Waals surface area contributed by atoms with Gasteiger partial charge in [0.05, 0.1) is 25.0 Å². The Balaban J connectivity index is 1.70. The van der Waals surface area contributed by atoms with Crippen LogP contribution in [0.3, 0.4) is 0 Å². The molecule has 1 aromatic carbocycles. The monoisotopic (exact) mass is 455 g/mol. The fourth-order valence-electron chi connectivity index (χ4n) is 3.49. The summed E-state index contributed by atoms with van der Waals surface area (Å²) in [7, 11) is 1.37. The molecule has 1 aromatic heterocycles. The predicted molar refractivity (Wildman–Crippen MR) is 127 cm³/mol. The summed E-state index contributed by atoms with van der Waals surface area (Å²) in [5.41, 5.74) is 3.40. The van der Waals surface area contributed by atoms with Crippen molar-refractivity contribution in [3.63, 3.8) is 0 Å². The molecule has 0 bridgehead atoms. The molecule has 0 fully saturated rings. The maximum Gasteiger partial charge on any atom is 0.230 e. The first kappa shape index (κ1) is 24.0. The van der Waals surface area contributed by atoms with Crippen LogP contribution in [0.25, 0.3) is 0 Å². The van der Waals surface area contributed by atoms with E-state index < -0.39 is 8.32 Å². The predicted octanol–water partition coefficient (Wildman–Crippen LogP) is 5.34. The van der Waals surface area contributed by atoms with Crippen molar-refractivity contribution >= 4 is 19.9 Å². The van der Waals surface area contributed by atoms with Gasteiger partial charge in [-0.3, -0.25) is 9.59 Å². The number of nitrogens with zero attached hydrogens (tertiary/aromatic N) is 1. The Labute approximate surface area is 191 Å². The lowest BCUT2D eigenvalue weighted by atomic mass is 9.97. The number of hydrogen-bond acceptors (Lipinski definition) is 5. The van der Waals surface area contributed by atoms with Gasteiger partial charge >= 0.3 is 0 Å². The zero-order valence-electron chi connectivity index (χ0n) is 20.3. The number of carbonyl (C=O) groups excluding carboxylic acids is 2. The molecule has 0 radical (unpaired) electrons. The van der Waals surface area contributed by atoms with Crippen LogP contribution in [0.5, 0.6) is 5.75 Å². The molecule has 0 atom stereocenters. The van der Waals surface area contributed by atoms with E-state index in [1.54, 1.807) is 11.6 Å². The summed E-state index contributed by atoms with van der Waals surface area (Å²) >= 11 is 0. The zero-order chi connectivity index (χ0) is 23.8. The highest BCUT2D eigenvalue weighted by atomic mass is 28.4. The molecule has 2 aromatic rings. The molecule has 3 rings (SSSR count). The smallest absolute Gasteiger partial charge is 0.230 e. The summed E-state index contributed by atoms with van der Waals surface area (Å²) < 4.78 is 19.1. The second kappa shape index (κ2) is 8.71. The minimum atomic E-state index is -1.80. The average Bonchev–Trinajstić information content (AvgIpc) is 2.98. The van der Waals surface area contributed by atoms with Crippen molar-refractivity contribution in [1.29, 1.82) is 0 Å². The van der Waals surface area contributed by atoms with Crippen LogP contribution in [-0.2, 0) is 29.4 Å². The number of ether oxygens (including phenoxy) is 2. The minimum absolute atomic E-state index is 0.0687. The molecule has 0 saturated heterocycles. The number of hydrogen-bond donors (Lipinski definition) is 0. The van der Waals surface area contributed by atoms with Gasteiger partial charge in [0.1, 0.15) is 18.1 Å². The Morgan fingerprint density at radius 2 is 1.66 bits per heavy atom. The molecule has 32 heavy (non-hydrogen) atoms. The normalized spacial score (nSPS) is 14.3. The van der Waals surface area contributed by atoms with Crippen molar-refractivity contribution in [2.45, 2.75) is 59.0 Å². The molecule has 0 saturated carbocycles. The van der Waals surface area contributed by atoms with E-state index in [1.165, 1.54) is 13.2 Å². The lowest BCUT2D eigenvalue weighted by Crippen LogP contribution is -2.40. The lowest BCUT2D eigenvalue weighted by molar-refractivity contribution is 0.0913. The molecule has 7 heteroatoms. The van der Waals surface area contributed by atoms with E-state index in [-0.39, 0.29) is 29.0 Å². The van der Waals surface area contributed by atoms with E-state index in [1.807, 2.05) is 31.2 Å². The molecule has 1 aliphatic rings. The molecule has 1 heterocycles. The molecule has 0 spiro atoms. The number of Topliss-reactive ketones (excluding diaryl/α,β-unsaturated/α-hetero) is 1. The fourth-order valence-corrected chi connectivity index (χ4v) is 4.45. The first-order chi connectivity index (χ1) is 14.9. The topological polar surface area (TPSA) is 66.8 Å². The Morgan fingerprint density at radius 3 is 2.22 bits per heavy atom. The van der Waals surface area contributed by atoms with Crippen molar-refractivity contribution in [3.8, 4) is 5.75 Å². The van der Waals surface area contributed by atoms with Crippen LogP contribution in [0.15, 0.2) is 36.1 Å². The maximum absolute atomic E-state index is 12.7. The summed E-state index contributed by atoms with van der Waals surface area (Å²) in [5.74, 6) is 0.277. The van der Waals surface area contributed by atoms with Crippen LogP contribution in [0.2, 0.25) is 18.1 Å². The van der Waals surface area contributed by atoms with Crippen LogP contribution in [-0.4, -0.2) is 31.6 Å². The van der Waals surface area contributed by atoms with Crippen LogP contribution >= 0.6 is 0 Å². The third-order valence-corrected chi connectivity index (χ3v) is 11.1. The summed E-state index contributed by atoms with van der Waals surface area (Å²) in [6.45, 7) is 13.8. The molecule has 0 amide bonds. The number of methoxy groups -OCH3 is 1. The van der Waals surface area contributed by atoms with E-state index >= 15 is 0 Å². The molecule has 172 valence electrons. The first-order valence-corrected chi connectivity index (χ1v) is 13.7. The third-order valence-electron chi connectivity index (χ3n) is 6.66. The summed E-state index contributed by atoms with van der Waals surface area (Å²) in [6, 6.07) is 7.85. The Hall–Kier alpha value is -2.64. The molecule has 1 aliphatic carbocycles. The average molecular weight is 456 g/mol. The van der Waals surface area contributed by atoms with Gasteiger partial charge in [-0.05, 0) is 48.3 Å². The maximum atomic E-state index is 12.7. The van der Waals surface area contributed by atoms with Crippen molar-refractivity contribution < 1.29 is 23.5 Å². The van der Waals surface area contributed by atoms with Crippen LogP contribution in [0, 0.1) is 6.92 Å². The van der Waals surface area contributed by atoms with Gasteiger partial charge in [0, 0.05) is 13.1 Å². The van der Waals surface area contributed by atoms with Crippen LogP contribution in [0.4, 0.5) is 0 Å². The Kier molecular flexibility index (Phi) is 6.54. The summed E-state index contributed by atoms with van der Waals surface area (Å²) in [6.07, 6.45) is 1.25. The summed E-state index contributed by atoms with van der Waals surface area (Å²) in [5, 5.41) is 0.171. The van der Waals surface area contributed by atoms with E-state index in [2.05, 4.69) is 33.9 Å². The van der Waals surface area contributed by atoms with Crippen molar-refractivity contribution in [2.24, 2.45) is 7.05 Å². The molecule has 0 unspecified atom stereocenters. The third kappa shape index (κ3) is 4.45. The molecular weight excluding hydrogens is 422 g/mol. The van der Waals surface area contributed by atoms with Crippen molar-refractivity contribution in [2.75, 3.05) is 7.11 Å². The fraction of sp³-hybridized carbons (Fsp3) is 0.440. The number of benzene rings is 1. The highest BCUT2D eigenvalue weighted by Gasteiger charge is 2.37. The standard InChI is InChI=1S/C25H33NO5Si/c1-16-19(26(5)23-20(27)13-21(29-6)24(28)22(16)23)15-30-18-11-9-17(10-12-18)14-31-32(7,8)25(2,3)4/h9-13H,14-15H2,1-8H3. The van der Waals surface area contributed by atoms with E-state index in [0.29, 0.717) is 23.6 Å². The van der Waals surface area contributed by atoms with Gasteiger partial charge in [0.2, 0.25) is 11.6 Å². The highest BCUT2D eigenvalue weighted by molar-refractivity contribution is 6.74. The number of allylic oxidation sites excluding steroid dienone is 2. The van der Waals surface area contributed by atoms with Gasteiger partial charge in [-0.1, -0.05) is 32.9 Å². The number of rotatable bonds is 7. The first-order valence-electron chi connectivity index (χ1n) is 10.8. The molecule has 0 aliphatic heterocycles. The van der Waals surface area contributed by atoms with Crippen LogP contribution in [0.1, 0.15) is 58.4 Å². The number of carbonyl (C=O) groups is 2. The van der Waals surface area contributed by atoms with Gasteiger partial charge in [-0.2, -0.15) is 0 Å². The number of aromatic nitrogens is 1. The second-order valence-corrected chi connectivity index (χ2v) is 14.6. The van der Waals surface area contributed by atoms with Crippen LogP contribution < -0.4 is 4.74 Å². The highest BCUT2D eigenvalue weighted by Crippen LogP contribution is 2.37. The van der Waals surface area contributed by atoms with Crippen molar-refractivity contribution in [1.82, 2.24) is 4.57 Å². The lowest BCUT2D eigenvalue weighted by Gasteiger charge is -2.36. The van der Waals surface area contributed by atoms with E-state index in [0.717, 1.165) is 16.8 Å². The summed E-state index contributed by atoms with van der Waals surface area (Å²) in [4.78, 5) is 25.2. The second-order valence-electron chi connectivity index (χ2n) is 9.74. The minimum Gasteiger partial charge on any atom is -0.492 e. The Morgan fingerprint density at radius 1 is 1.03 bits per heavy atom. The van der Waals surface area contributed by atoms with Gasteiger partial charge in [0.15, 0.2) is 14.1 Å². The quantitative estimate of drug-likeness (QED) is 0.527. The Bertz CT molecular complexity index is 1070. The largest absolute Gasteiger partial charge is 0.492 e. The van der Waals surface area contributed by atoms with Gasteiger partial charge in [0.25, 0.3) is 0 Å².